The lowest BCUT2D eigenvalue weighted by molar-refractivity contribution is 0.240. The second kappa shape index (κ2) is 8.00. The maximum Gasteiger partial charge on any atom is 0.315 e. The molecule has 0 spiro atoms. The molecule has 0 bridgehead atoms. The second-order valence-corrected chi connectivity index (χ2v) is 6.42. The smallest absolute Gasteiger partial charge is 0.315 e. The first-order chi connectivity index (χ1) is 10.6. The molecule has 0 aliphatic rings. The first-order valence-electron chi connectivity index (χ1n) is 6.84. The Morgan fingerprint density at radius 2 is 2.23 bits per heavy atom. The fourth-order valence-corrected chi connectivity index (χ4v) is 2.90. The number of nitrogens with zero attached hydrogens (tertiary/aromatic N) is 1. The van der Waals surface area contributed by atoms with E-state index in [1.807, 2.05) is 19.1 Å². The minimum absolute atomic E-state index is 0.202. The fraction of sp³-hybridized carbons (Fsp3) is 0.333. The topological polar surface area (TPSA) is 63.2 Å². The monoisotopic (exact) mass is 339 g/mol. The van der Waals surface area contributed by atoms with Crippen LogP contribution in [0.1, 0.15) is 15.4 Å². The standard InChI is InChI=1S/C15H18ClN3O2S/c1-10-18-8-13(22-10)9-19-15(20)17-6-5-11-7-12(16)3-4-14(11)21-2/h3-4,7-8H,5-6,9H2,1-2H3,(H2,17,19,20). The number of aromatic nitrogens is 1. The van der Waals surface area contributed by atoms with Gasteiger partial charge in [0.25, 0.3) is 0 Å². The lowest BCUT2D eigenvalue weighted by Crippen LogP contribution is -2.36. The molecule has 2 N–H and O–H groups in total. The van der Waals surface area contributed by atoms with Gasteiger partial charge in [-0.1, -0.05) is 11.6 Å². The molecule has 0 saturated heterocycles. The molecule has 0 fully saturated rings. The predicted octanol–water partition coefficient (Wildman–Crippen LogP) is 3.16. The van der Waals surface area contributed by atoms with Crippen molar-refractivity contribution < 1.29 is 9.53 Å². The Hall–Kier alpha value is -1.79. The summed E-state index contributed by atoms with van der Waals surface area (Å²) in [4.78, 5) is 16.9. The van der Waals surface area contributed by atoms with Gasteiger partial charge in [-0.2, -0.15) is 0 Å². The molecular formula is C15H18ClN3O2S. The number of urea groups is 1. The van der Waals surface area contributed by atoms with Crippen LogP contribution in [0.5, 0.6) is 5.75 Å². The number of carbonyl (C=O) groups excluding carboxylic acids is 1. The molecule has 0 saturated carbocycles. The summed E-state index contributed by atoms with van der Waals surface area (Å²) in [7, 11) is 1.62. The molecule has 0 unspecified atom stereocenters. The maximum absolute atomic E-state index is 11.7. The summed E-state index contributed by atoms with van der Waals surface area (Å²) < 4.78 is 5.27. The minimum Gasteiger partial charge on any atom is -0.496 e. The van der Waals surface area contributed by atoms with Gasteiger partial charge in [0, 0.05) is 22.6 Å². The highest BCUT2D eigenvalue weighted by molar-refractivity contribution is 7.11. The fourth-order valence-electron chi connectivity index (χ4n) is 1.97. The van der Waals surface area contributed by atoms with Gasteiger partial charge in [0.2, 0.25) is 0 Å². The normalized spacial score (nSPS) is 10.3. The number of carbonyl (C=O) groups is 1. The number of aryl methyl sites for hydroxylation is 1. The van der Waals surface area contributed by atoms with Crippen LogP contribution in [0.25, 0.3) is 0 Å². The van der Waals surface area contributed by atoms with Gasteiger partial charge < -0.3 is 15.4 Å². The third-order valence-electron chi connectivity index (χ3n) is 3.01. The van der Waals surface area contributed by atoms with E-state index >= 15 is 0 Å². The van der Waals surface area contributed by atoms with Crippen LogP contribution >= 0.6 is 22.9 Å². The number of rotatable bonds is 6. The van der Waals surface area contributed by atoms with Crippen molar-refractivity contribution in [1.82, 2.24) is 15.6 Å². The van der Waals surface area contributed by atoms with Gasteiger partial charge in [0.15, 0.2) is 0 Å². The molecule has 0 radical (unpaired) electrons. The molecule has 0 aliphatic carbocycles. The van der Waals surface area contributed by atoms with Crippen molar-refractivity contribution in [1.29, 1.82) is 0 Å². The Bertz CT molecular complexity index is 645. The Balaban J connectivity index is 1.76. The largest absolute Gasteiger partial charge is 0.496 e. The molecule has 1 aromatic heterocycles. The van der Waals surface area contributed by atoms with Crippen LogP contribution in [0.4, 0.5) is 4.79 Å². The van der Waals surface area contributed by atoms with E-state index in [0.717, 1.165) is 21.2 Å². The number of nitrogens with one attached hydrogen (secondary N) is 2. The quantitative estimate of drug-likeness (QED) is 0.849. The van der Waals surface area contributed by atoms with Crippen molar-refractivity contribution in [3.63, 3.8) is 0 Å². The van der Waals surface area contributed by atoms with Crippen LogP contribution in [0, 0.1) is 6.92 Å². The molecule has 0 atom stereocenters. The second-order valence-electron chi connectivity index (χ2n) is 4.66. The number of ether oxygens (including phenoxy) is 1. The summed E-state index contributed by atoms with van der Waals surface area (Å²) in [5, 5.41) is 7.26. The number of hydrogen-bond acceptors (Lipinski definition) is 4. The van der Waals surface area contributed by atoms with E-state index in [2.05, 4.69) is 15.6 Å². The number of halogens is 1. The highest BCUT2D eigenvalue weighted by Gasteiger charge is 2.06. The van der Waals surface area contributed by atoms with Gasteiger partial charge in [-0.25, -0.2) is 9.78 Å². The molecule has 1 heterocycles. The number of benzene rings is 1. The minimum atomic E-state index is -0.202. The molecule has 7 heteroatoms. The van der Waals surface area contributed by atoms with Gasteiger partial charge in [-0.3, -0.25) is 0 Å². The Labute approximate surface area is 138 Å². The van der Waals surface area contributed by atoms with Gasteiger partial charge >= 0.3 is 6.03 Å². The zero-order chi connectivity index (χ0) is 15.9. The van der Waals surface area contributed by atoms with E-state index in [9.17, 15) is 4.79 Å². The summed E-state index contributed by atoms with van der Waals surface area (Å²) in [6.07, 6.45) is 2.42. The lowest BCUT2D eigenvalue weighted by atomic mass is 10.1. The Kier molecular flexibility index (Phi) is 6.03. The first-order valence-corrected chi connectivity index (χ1v) is 8.03. The van der Waals surface area contributed by atoms with Crippen molar-refractivity contribution in [2.75, 3.05) is 13.7 Å². The summed E-state index contributed by atoms with van der Waals surface area (Å²) >= 11 is 7.55. The summed E-state index contributed by atoms with van der Waals surface area (Å²) in [5.41, 5.74) is 0.966. The third-order valence-corrected chi connectivity index (χ3v) is 4.16. The Morgan fingerprint density at radius 3 is 2.91 bits per heavy atom. The maximum atomic E-state index is 11.7. The van der Waals surface area contributed by atoms with Crippen LogP contribution in [0.2, 0.25) is 5.02 Å². The summed E-state index contributed by atoms with van der Waals surface area (Å²) in [6.45, 7) is 2.93. The van der Waals surface area contributed by atoms with E-state index in [1.165, 1.54) is 0 Å². The third kappa shape index (κ3) is 4.89. The predicted molar refractivity (Wildman–Crippen MR) is 88.8 cm³/mol. The van der Waals surface area contributed by atoms with Crippen LogP contribution in [-0.2, 0) is 13.0 Å². The number of hydrogen-bond donors (Lipinski definition) is 2. The average Bonchev–Trinajstić information content (AvgIpc) is 2.91. The highest BCUT2D eigenvalue weighted by atomic mass is 35.5. The van der Waals surface area contributed by atoms with Crippen molar-refractivity contribution in [2.45, 2.75) is 19.9 Å². The van der Waals surface area contributed by atoms with Crippen LogP contribution in [0.3, 0.4) is 0 Å². The van der Waals surface area contributed by atoms with E-state index in [1.54, 1.807) is 30.7 Å². The SMILES string of the molecule is COc1ccc(Cl)cc1CCNC(=O)NCc1cnc(C)s1. The zero-order valence-electron chi connectivity index (χ0n) is 12.5. The van der Waals surface area contributed by atoms with Crippen LogP contribution in [0.15, 0.2) is 24.4 Å². The average molecular weight is 340 g/mol. The zero-order valence-corrected chi connectivity index (χ0v) is 14.1. The van der Waals surface area contributed by atoms with E-state index < -0.39 is 0 Å². The van der Waals surface area contributed by atoms with Crippen molar-refractivity contribution >= 4 is 29.0 Å². The van der Waals surface area contributed by atoms with E-state index in [0.29, 0.717) is 24.5 Å². The molecule has 22 heavy (non-hydrogen) atoms. The highest BCUT2D eigenvalue weighted by Crippen LogP contribution is 2.22. The molecule has 5 nitrogen and oxygen atoms in total. The molecular weight excluding hydrogens is 322 g/mol. The number of methoxy groups -OCH3 is 1. The summed E-state index contributed by atoms with van der Waals surface area (Å²) in [5.74, 6) is 0.770. The van der Waals surface area contributed by atoms with E-state index in [-0.39, 0.29) is 6.03 Å². The molecule has 2 rings (SSSR count). The van der Waals surface area contributed by atoms with Crippen molar-refractivity contribution in [3.05, 3.63) is 44.9 Å². The number of thiazole rings is 1. The molecule has 2 aromatic rings. The first kappa shape index (κ1) is 16.6. The van der Waals surface area contributed by atoms with Crippen molar-refractivity contribution in [2.24, 2.45) is 0 Å². The molecule has 0 aliphatic heterocycles. The molecule has 2 amide bonds. The molecule has 1 aromatic carbocycles. The van der Waals surface area contributed by atoms with Gasteiger partial charge in [-0.05, 0) is 37.1 Å². The number of amides is 2. The van der Waals surface area contributed by atoms with Crippen LogP contribution in [-0.4, -0.2) is 24.7 Å². The Morgan fingerprint density at radius 1 is 1.41 bits per heavy atom. The van der Waals surface area contributed by atoms with Gasteiger partial charge in [-0.15, -0.1) is 11.3 Å². The lowest BCUT2D eigenvalue weighted by Gasteiger charge is -2.10. The van der Waals surface area contributed by atoms with Crippen molar-refractivity contribution in [3.8, 4) is 5.75 Å². The molecule has 118 valence electrons. The summed E-state index contributed by atoms with van der Waals surface area (Å²) in [6, 6.07) is 5.25. The van der Waals surface area contributed by atoms with Crippen LogP contribution < -0.4 is 15.4 Å². The van der Waals surface area contributed by atoms with Gasteiger partial charge in [0.05, 0.1) is 18.7 Å². The van der Waals surface area contributed by atoms with E-state index in [4.69, 9.17) is 16.3 Å². The van der Waals surface area contributed by atoms with Gasteiger partial charge in [0.1, 0.15) is 5.75 Å².